The zero-order valence-corrected chi connectivity index (χ0v) is 14.3. The number of alkyl halides is 3. The highest BCUT2D eigenvalue weighted by Crippen LogP contribution is 2.30. The number of aliphatic hydroxyl groups excluding tert-OH is 1. The van der Waals surface area contributed by atoms with Crippen LogP contribution in [0.3, 0.4) is 0 Å². The predicted molar refractivity (Wildman–Crippen MR) is 88.9 cm³/mol. The first kappa shape index (κ1) is 20.7. The van der Waals surface area contributed by atoms with Crippen molar-refractivity contribution >= 4 is 23.5 Å². The molecule has 0 fully saturated rings. The molecule has 1 aromatic heterocycles. The maximum absolute atomic E-state index is 12.6. The number of carbonyl (C=O) groups excluding carboxylic acids is 1. The van der Waals surface area contributed by atoms with Crippen LogP contribution in [0.2, 0.25) is 5.15 Å². The number of rotatable bonds is 6. The second-order valence-electron chi connectivity index (χ2n) is 5.62. The van der Waals surface area contributed by atoms with Gasteiger partial charge in [-0.3, -0.25) is 4.79 Å². The molecule has 144 valence electrons. The lowest BCUT2D eigenvalue weighted by atomic mass is 10.0. The van der Waals surface area contributed by atoms with E-state index in [-0.39, 0.29) is 17.1 Å². The molecule has 0 saturated heterocycles. The fourth-order valence-corrected chi connectivity index (χ4v) is 2.33. The van der Waals surface area contributed by atoms with Gasteiger partial charge in [0.05, 0.1) is 5.56 Å². The van der Waals surface area contributed by atoms with E-state index in [1.54, 1.807) is 0 Å². The van der Waals surface area contributed by atoms with Gasteiger partial charge in [0.15, 0.2) is 6.10 Å². The molecule has 3 N–H and O–H groups in total. The van der Waals surface area contributed by atoms with Crippen LogP contribution in [0, 0.1) is 0 Å². The molecule has 10 heteroatoms. The molecule has 1 amide bonds. The quantitative estimate of drug-likeness (QED) is 0.645. The topological polar surface area (TPSA) is 99.5 Å². The molecule has 0 aliphatic carbocycles. The summed E-state index contributed by atoms with van der Waals surface area (Å²) in [6.45, 7) is 0. The molecule has 0 bridgehead atoms. The van der Waals surface area contributed by atoms with Gasteiger partial charge in [-0.15, -0.1) is 0 Å². The summed E-state index contributed by atoms with van der Waals surface area (Å²) in [4.78, 5) is 27.3. The Kier molecular flexibility index (Phi) is 6.40. The van der Waals surface area contributed by atoms with Gasteiger partial charge in [-0.25, -0.2) is 9.78 Å². The van der Waals surface area contributed by atoms with E-state index in [0.29, 0.717) is 5.56 Å². The molecule has 0 saturated carbocycles. The number of hydrogen-bond donors (Lipinski definition) is 3. The number of carboxylic acids is 1. The van der Waals surface area contributed by atoms with Crippen LogP contribution in [0.5, 0.6) is 0 Å². The smallest absolute Gasteiger partial charge is 0.416 e. The van der Waals surface area contributed by atoms with Gasteiger partial charge in [-0.05, 0) is 29.3 Å². The Morgan fingerprint density at radius 2 is 1.78 bits per heavy atom. The van der Waals surface area contributed by atoms with Crippen molar-refractivity contribution in [3.63, 3.8) is 0 Å². The molecule has 6 nitrogen and oxygen atoms in total. The number of nitrogens with one attached hydrogen (secondary N) is 1. The number of amides is 1. The van der Waals surface area contributed by atoms with Crippen molar-refractivity contribution in [2.45, 2.75) is 24.7 Å². The number of carboxylic acid groups (broad SMARTS) is 1. The van der Waals surface area contributed by atoms with E-state index in [1.165, 1.54) is 18.3 Å². The van der Waals surface area contributed by atoms with Crippen LogP contribution in [0.15, 0.2) is 42.6 Å². The molecule has 1 heterocycles. The summed E-state index contributed by atoms with van der Waals surface area (Å²) in [5.74, 6) is -2.40. The average Bonchev–Trinajstić information content (AvgIpc) is 2.61. The second kappa shape index (κ2) is 8.36. The van der Waals surface area contributed by atoms with E-state index in [1.807, 2.05) is 0 Å². The minimum Gasteiger partial charge on any atom is -0.480 e. The maximum atomic E-state index is 12.6. The van der Waals surface area contributed by atoms with Crippen molar-refractivity contribution in [3.05, 3.63) is 64.4 Å². The van der Waals surface area contributed by atoms with Crippen molar-refractivity contribution in [1.29, 1.82) is 0 Å². The third-order valence-corrected chi connectivity index (χ3v) is 3.87. The largest absolute Gasteiger partial charge is 0.480 e. The minimum atomic E-state index is -4.55. The van der Waals surface area contributed by atoms with E-state index < -0.39 is 35.8 Å². The van der Waals surface area contributed by atoms with Crippen LogP contribution in [0.1, 0.15) is 22.8 Å². The zero-order valence-electron chi connectivity index (χ0n) is 13.6. The highest BCUT2D eigenvalue weighted by atomic mass is 35.5. The van der Waals surface area contributed by atoms with Gasteiger partial charge < -0.3 is 15.5 Å². The van der Waals surface area contributed by atoms with Gasteiger partial charge in [0.2, 0.25) is 0 Å². The van der Waals surface area contributed by atoms with E-state index >= 15 is 0 Å². The van der Waals surface area contributed by atoms with Gasteiger partial charge in [0, 0.05) is 12.6 Å². The summed E-state index contributed by atoms with van der Waals surface area (Å²) in [5, 5.41) is 21.6. The third kappa shape index (κ3) is 5.66. The van der Waals surface area contributed by atoms with Crippen LogP contribution in [-0.4, -0.2) is 33.1 Å². The average molecular weight is 403 g/mol. The molecular weight excluding hydrogens is 389 g/mol. The molecular formula is C17H14ClF3N2O4. The van der Waals surface area contributed by atoms with E-state index in [9.17, 15) is 33.0 Å². The SMILES string of the molecule is O=C(O)[C@@H](Cc1ccc(Cl)nc1)NC(=O)[C@H](O)c1ccc(C(F)(F)F)cc1. The number of hydrogen-bond acceptors (Lipinski definition) is 4. The summed E-state index contributed by atoms with van der Waals surface area (Å²) < 4.78 is 37.7. The Balaban J connectivity index is 2.07. The Morgan fingerprint density at radius 1 is 1.15 bits per heavy atom. The lowest BCUT2D eigenvalue weighted by molar-refractivity contribution is -0.143. The molecule has 0 unspecified atom stereocenters. The first-order chi connectivity index (χ1) is 12.6. The molecule has 2 rings (SSSR count). The van der Waals surface area contributed by atoms with Crippen LogP contribution >= 0.6 is 11.6 Å². The van der Waals surface area contributed by atoms with E-state index in [4.69, 9.17) is 11.6 Å². The number of nitrogens with zero attached hydrogens (tertiary/aromatic N) is 1. The normalized spacial score (nSPS) is 13.7. The predicted octanol–water partition coefficient (Wildman–Crippen LogP) is 2.60. The Bertz CT molecular complexity index is 810. The van der Waals surface area contributed by atoms with Gasteiger partial charge in [0.1, 0.15) is 11.2 Å². The van der Waals surface area contributed by atoms with Crippen LogP contribution < -0.4 is 5.32 Å². The van der Waals surface area contributed by atoms with E-state index in [2.05, 4.69) is 10.3 Å². The van der Waals surface area contributed by atoms with Gasteiger partial charge in [-0.2, -0.15) is 13.2 Å². The first-order valence-electron chi connectivity index (χ1n) is 7.57. The molecule has 0 spiro atoms. The van der Waals surface area contributed by atoms with Crippen molar-refractivity contribution in [2.75, 3.05) is 0 Å². The number of benzene rings is 1. The molecule has 2 aromatic rings. The minimum absolute atomic E-state index is 0.0993. The number of aliphatic carboxylic acids is 1. The summed E-state index contributed by atoms with van der Waals surface area (Å²) in [6, 6.07) is 4.96. The number of halogens is 4. The van der Waals surface area contributed by atoms with Gasteiger partial charge in [-0.1, -0.05) is 29.8 Å². The Labute approximate surface area is 156 Å². The molecule has 1 aromatic carbocycles. The second-order valence-corrected chi connectivity index (χ2v) is 6.00. The van der Waals surface area contributed by atoms with Gasteiger partial charge in [0.25, 0.3) is 5.91 Å². The Hall–Kier alpha value is -2.65. The lowest BCUT2D eigenvalue weighted by Crippen LogP contribution is -2.44. The molecule has 27 heavy (non-hydrogen) atoms. The van der Waals surface area contributed by atoms with Crippen molar-refractivity contribution in [2.24, 2.45) is 0 Å². The molecule has 0 radical (unpaired) electrons. The summed E-state index contributed by atoms with van der Waals surface area (Å²) in [6.07, 6.45) is -5.15. The van der Waals surface area contributed by atoms with E-state index in [0.717, 1.165) is 24.3 Å². The lowest BCUT2D eigenvalue weighted by Gasteiger charge is -2.18. The van der Waals surface area contributed by atoms with Crippen LogP contribution in [0.25, 0.3) is 0 Å². The van der Waals surface area contributed by atoms with Crippen molar-refractivity contribution in [1.82, 2.24) is 10.3 Å². The monoisotopic (exact) mass is 402 g/mol. The van der Waals surface area contributed by atoms with Crippen molar-refractivity contribution < 1.29 is 33.0 Å². The highest BCUT2D eigenvalue weighted by molar-refractivity contribution is 6.29. The van der Waals surface area contributed by atoms with Gasteiger partial charge >= 0.3 is 12.1 Å². The summed E-state index contributed by atoms with van der Waals surface area (Å²) >= 11 is 5.64. The number of carbonyl (C=O) groups is 2. The molecule has 0 aliphatic rings. The van der Waals surface area contributed by atoms with Crippen LogP contribution in [0.4, 0.5) is 13.2 Å². The Morgan fingerprint density at radius 3 is 2.26 bits per heavy atom. The number of aromatic nitrogens is 1. The highest BCUT2D eigenvalue weighted by Gasteiger charge is 2.31. The first-order valence-corrected chi connectivity index (χ1v) is 7.94. The fourth-order valence-electron chi connectivity index (χ4n) is 2.22. The van der Waals surface area contributed by atoms with Crippen molar-refractivity contribution in [3.8, 4) is 0 Å². The maximum Gasteiger partial charge on any atom is 0.416 e. The molecule has 0 aliphatic heterocycles. The standard InChI is InChI=1S/C17H14ClF3N2O4/c18-13-6-1-9(8-22-13)7-12(16(26)27)23-15(25)14(24)10-2-4-11(5-3-10)17(19,20)21/h1-6,8,12,14,24H,7H2,(H,23,25)(H,26,27)/t12-,14-/m1/s1. The number of pyridine rings is 1. The summed E-state index contributed by atoms with van der Waals surface area (Å²) in [7, 11) is 0. The third-order valence-electron chi connectivity index (χ3n) is 3.65. The van der Waals surface area contributed by atoms with Crippen LogP contribution in [-0.2, 0) is 22.2 Å². The zero-order chi connectivity index (χ0) is 20.2. The fraction of sp³-hybridized carbons (Fsp3) is 0.235. The number of aliphatic hydroxyl groups is 1. The molecule has 2 atom stereocenters. The summed E-state index contributed by atoms with van der Waals surface area (Å²) in [5.41, 5.74) is -0.550.